The molecule has 0 bridgehead atoms. The summed E-state index contributed by atoms with van der Waals surface area (Å²) >= 11 is 8.31. The highest BCUT2D eigenvalue weighted by molar-refractivity contribution is 7.30. The smallest absolute Gasteiger partial charge is 0.303 e. The van der Waals surface area contributed by atoms with Gasteiger partial charge >= 0.3 is 11.9 Å². The molecule has 7 heterocycles. The van der Waals surface area contributed by atoms with Crippen LogP contribution in [0.25, 0.3) is 59.9 Å². The van der Waals surface area contributed by atoms with Crippen LogP contribution < -0.4 is 0 Å². The van der Waals surface area contributed by atoms with Gasteiger partial charge in [0, 0.05) is 97.5 Å². The Bertz CT molecular complexity index is 2030. The van der Waals surface area contributed by atoms with E-state index in [1.54, 1.807) is 81.5 Å². The summed E-state index contributed by atoms with van der Waals surface area (Å²) in [6.07, 6.45) is 11.2. The van der Waals surface area contributed by atoms with Gasteiger partial charge in [0.25, 0.3) is 0 Å². The van der Waals surface area contributed by atoms with E-state index in [-0.39, 0.29) is 12.8 Å². The fourth-order valence-corrected chi connectivity index (χ4v) is 10.9. The molecule has 0 atom stereocenters. The molecular weight excluding hydrogens is 689 g/mol. The first kappa shape index (κ1) is 31.2. The van der Waals surface area contributed by atoms with Crippen LogP contribution in [0, 0.1) is 0 Å². The minimum Gasteiger partial charge on any atom is -0.481 e. The maximum absolute atomic E-state index is 11.5. The molecule has 0 aliphatic heterocycles. The summed E-state index contributed by atoms with van der Waals surface area (Å²) < 4.78 is 0. The van der Waals surface area contributed by atoms with Gasteiger partial charge in [0.15, 0.2) is 0 Å². The zero-order chi connectivity index (χ0) is 32.3. The third kappa shape index (κ3) is 6.99. The minimum absolute atomic E-state index is 0.0456. The van der Waals surface area contributed by atoms with Crippen LogP contribution >= 0.6 is 56.7 Å². The third-order valence-electron chi connectivity index (χ3n) is 7.28. The van der Waals surface area contributed by atoms with Crippen LogP contribution in [-0.2, 0) is 22.4 Å². The van der Waals surface area contributed by atoms with E-state index >= 15 is 0 Å². The molecule has 0 fully saturated rings. The molecule has 0 spiro atoms. The van der Waals surface area contributed by atoms with E-state index in [9.17, 15) is 19.8 Å². The van der Waals surface area contributed by atoms with Crippen LogP contribution in [0.2, 0.25) is 0 Å². The van der Waals surface area contributed by atoms with E-state index in [1.165, 1.54) is 12.7 Å². The number of carbonyl (C=O) groups is 2. The van der Waals surface area contributed by atoms with Crippen LogP contribution in [-0.4, -0.2) is 42.1 Å². The lowest BCUT2D eigenvalue weighted by molar-refractivity contribution is -0.138. The van der Waals surface area contributed by atoms with Gasteiger partial charge in [-0.05, 0) is 72.5 Å². The van der Waals surface area contributed by atoms with Crippen molar-refractivity contribution in [3.8, 4) is 59.9 Å². The Morgan fingerprint density at radius 3 is 1.26 bits per heavy atom. The van der Waals surface area contributed by atoms with Crippen LogP contribution in [0.1, 0.15) is 24.0 Å². The van der Waals surface area contributed by atoms with Gasteiger partial charge in [0.1, 0.15) is 12.7 Å². The summed E-state index contributed by atoms with van der Waals surface area (Å²) in [6.45, 7) is 0. The van der Waals surface area contributed by atoms with Gasteiger partial charge in [-0.2, -0.15) is 0 Å². The highest BCUT2D eigenvalue weighted by Gasteiger charge is 2.20. The topological polar surface area (TPSA) is 126 Å². The van der Waals surface area contributed by atoms with Crippen LogP contribution in [0.4, 0.5) is 0 Å². The van der Waals surface area contributed by atoms with E-state index in [1.807, 2.05) is 0 Å². The van der Waals surface area contributed by atoms with E-state index in [0.717, 1.165) is 71.0 Å². The normalized spacial score (nSPS) is 11.2. The van der Waals surface area contributed by atoms with Crippen molar-refractivity contribution in [2.45, 2.75) is 25.7 Å². The number of aromatic nitrogens is 4. The van der Waals surface area contributed by atoms with Gasteiger partial charge in [0.2, 0.25) is 0 Å². The lowest BCUT2D eigenvalue weighted by Crippen LogP contribution is -1.97. The van der Waals surface area contributed by atoms with Gasteiger partial charge < -0.3 is 10.2 Å². The monoisotopic (exact) mass is 712 g/mol. The summed E-state index contributed by atoms with van der Waals surface area (Å²) in [4.78, 5) is 50.4. The molecule has 7 aromatic heterocycles. The van der Waals surface area contributed by atoms with Gasteiger partial charge in [0.05, 0.1) is 0 Å². The van der Waals surface area contributed by atoms with Crippen molar-refractivity contribution in [2.75, 3.05) is 0 Å². The van der Waals surface area contributed by atoms with E-state index in [0.29, 0.717) is 12.8 Å². The predicted octanol–water partition coefficient (Wildman–Crippen LogP) is 9.61. The number of carboxylic acids is 2. The van der Waals surface area contributed by atoms with Crippen molar-refractivity contribution in [2.24, 2.45) is 0 Å². The molecule has 0 unspecified atom stereocenters. The fourth-order valence-electron chi connectivity index (χ4n) is 5.06. The van der Waals surface area contributed by atoms with E-state index < -0.39 is 11.9 Å². The lowest BCUT2D eigenvalue weighted by atomic mass is 10.1. The van der Waals surface area contributed by atoms with Crippen molar-refractivity contribution in [3.05, 3.63) is 97.1 Å². The van der Waals surface area contributed by atoms with Gasteiger partial charge in [-0.25, -0.2) is 19.9 Å². The number of nitrogens with zero attached hydrogens (tertiary/aromatic N) is 4. The first-order valence-electron chi connectivity index (χ1n) is 14.4. The molecule has 13 heteroatoms. The highest BCUT2D eigenvalue weighted by Crippen LogP contribution is 2.49. The Morgan fingerprint density at radius 2 is 0.851 bits per heavy atom. The van der Waals surface area contributed by atoms with E-state index in [4.69, 9.17) is 0 Å². The second-order valence-electron chi connectivity index (χ2n) is 10.5. The Kier molecular flexibility index (Phi) is 9.14. The van der Waals surface area contributed by atoms with Crippen LogP contribution in [0.15, 0.2) is 86.0 Å². The van der Waals surface area contributed by atoms with Crippen LogP contribution in [0.3, 0.4) is 0 Å². The van der Waals surface area contributed by atoms with Crippen molar-refractivity contribution in [1.82, 2.24) is 19.9 Å². The number of hydrogen-bond acceptors (Lipinski definition) is 11. The highest BCUT2D eigenvalue weighted by atomic mass is 32.1. The number of aryl methyl sites for hydroxylation is 2. The molecule has 0 radical (unpaired) electrons. The largest absolute Gasteiger partial charge is 0.481 e. The Balaban J connectivity index is 1.23. The summed E-state index contributed by atoms with van der Waals surface area (Å²) in [5.41, 5.74) is 3.92. The number of thiophene rings is 5. The number of carboxylic acid groups (broad SMARTS) is 2. The second-order valence-corrected chi connectivity index (χ2v) is 15.8. The Morgan fingerprint density at radius 1 is 0.489 bits per heavy atom. The zero-order valence-corrected chi connectivity index (χ0v) is 28.5. The van der Waals surface area contributed by atoms with Gasteiger partial charge in [-0.3, -0.25) is 9.59 Å². The molecule has 0 amide bonds. The Labute approximate surface area is 289 Å². The molecule has 0 aliphatic carbocycles. The molecule has 0 saturated carbocycles. The first-order valence-corrected chi connectivity index (χ1v) is 18.5. The molecule has 2 N–H and O–H groups in total. The Hall–Kier alpha value is -4.40. The minimum atomic E-state index is -0.830. The maximum Gasteiger partial charge on any atom is 0.303 e. The quantitative estimate of drug-likeness (QED) is 0.128. The molecule has 234 valence electrons. The average Bonchev–Trinajstić information content (AvgIpc) is 3.92. The molecular formula is C34H24N4O4S5. The summed E-state index contributed by atoms with van der Waals surface area (Å²) in [6, 6.07) is 16.7. The van der Waals surface area contributed by atoms with Crippen molar-refractivity contribution < 1.29 is 19.8 Å². The van der Waals surface area contributed by atoms with E-state index in [2.05, 4.69) is 68.5 Å². The maximum atomic E-state index is 11.5. The van der Waals surface area contributed by atoms with Crippen LogP contribution in [0.5, 0.6) is 0 Å². The summed E-state index contributed by atoms with van der Waals surface area (Å²) in [5, 5.41) is 19.0. The predicted molar refractivity (Wildman–Crippen MR) is 192 cm³/mol. The fraction of sp³-hybridized carbons (Fsp3) is 0.118. The number of rotatable bonds is 12. The molecule has 7 aromatic rings. The number of hydrogen-bond donors (Lipinski definition) is 2. The average molecular weight is 713 g/mol. The standard InChI is InChI=1S/C34H24N4O4S5/c39-31(40)9-1-19-11-29(25-5-3-23(43-25)21-13-35-17-36-14-21)46-33(19)27-7-8-28(45-27)34-20(2-10-32(41)42)12-30(47-34)26-6-4-24(44-26)22-15-37-18-38-16-22/h3-8,11-18H,1-2,9-10H2,(H,39,40)(H,41,42). The summed E-state index contributed by atoms with van der Waals surface area (Å²) in [7, 11) is 0. The molecule has 0 aromatic carbocycles. The molecule has 0 aliphatic rings. The molecule has 7 rings (SSSR count). The molecule has 8 nitrogen and oxygen atoms in total. The first-order chi connectivity index (χ1) is 22.9. The third-order valence-corrected chi connectivity index (χ3v) is 13.7. The molecule has 0 saturated heterocycles. The zero-order valence-electron chi connectivity index (χ0n) is 24.5. The van der Waals surface area contributed by atoms with Gasteiger partial charge in [-0.1, -0.05) is 0 Å². The SMILES string of the molecule is O=C(O)CCc1cc(-c2ccc(-c3cncnc3)s2)sc1-c1ccc(-c2sc(-c3ccc(-c4cncnc4)s3)cc2CCC(=O)O)s1. The lowest BCUT2D eigenvalue weighted by Gasteiger charge is -2.01. The van der Waals surface area contributed by atoms with Crippen molar-refractivity contribution in [3.63, 3.8) is 0 Å². The van der Waals surface area contributed by atoms with Crippen molar-refractivity contribution >= 4 is 68.6 Å². The number of aliphatic carboxylic acids is 2. The molecule has 47 heavy (non-hydrogen) atoms. The second kappa shape index (κ2) is 13.8. The van der Waals surface area contributed by atoms with Gasteiger partial charge in [-0.15, -0.1) is 56.7 Å². The van der Waals surface area contributed by atoms with Crippen molar-refractivity contribution in [1.29, 1.82) is 0 Å². The summed E-state index contributed by atoms with van der Waals surface area (Å²) in [5.74, 6) is -1.66.